The highest BCUT2D eigenvalue weighted by atomic mass is 35.5. The predicted molar refractivity (Wildman–Crippen MR) is 53.1 cm³/mol. The van der Waals surface area contributed by atoms with Gasteiger partial charge in [-0.1, -0.05) is 11.6 Å². The van der Waals surface area contributed by atoms with Gasteiger partial charge in [0.05, 0.1) is 12.1 Å². The second-order valence-electron chi connectivity index (χ2n) is 2.67. The third-order valence-electron chi connectivity index (χ3n) is 1.68. The maximum absolute atomic E-state index is 12.5. The van der Waals surface area contributed by atoms with Crippen molar-refractivity contribution in [1.82, 2.24) is 0 Å². The zero-order valence-electron chi connectivity index (χ0n) is 7.56. The van der Waals surface area contributed by atoms with Gasteiger partial charge in [-0.3, -0.25) is 4.79 Å². The number of rotatable bonds is 3. The lowest BCUT2D eigenvalue weighted by Gasteiger charge is -2.09. The van der Waals surface area contributed by atoms with Gasteiger partial charge >= 0.3 is 5.38 Å². The fraction of sp³-hybridized carbons (Fsp3) is 0.222. The van der Waals surface area contributed by atoms with Crippen molar-refractivity contribution in [1.29, 1.82) is 0 Å². The van der Waals surface area contributed by atoms with Crippen molar-refractivity contribution in [2.75, 3.05) is 7.11 Å². The van der Waals surface area contributed by atoms with Crippen LogP contribution in [0.4, 0.5) is 8.78 Å². The Hall–Kier alpha value is -0.870. The van der Waals surface area contributed by atoms with Crippen LogP contribution < -0.4 is 4.74 Å². The summed E-state index contributed by atoms with van der Waals surface area (Å²) in [5, 5.41) is -4.06. The molecule has 0 saturated heterocycles. The van der Waals surface area contributed by atoms with Gasteiger partial charge in [0.15, 0.2) is 0 Å². The number of benzene rings is 1. The number of methoxy groups -OCH3 is 1. The van der Waals surface area contributed by atoms with E-state index in [4.69, 9.17) is 16.3 Å². The van der Waals surface area contributed by atoms with E-state index in [1.165, 1.54) is 19.2 Å². The van der Waals surface area contributed by atoms with Crippen LogP contribution in [0.3, 0.4) is 0 Å². The molecule has 1 rings (SSSR count). The first-order valence-corrected chi connectivity index (χ1v) is 4.57. The molecule has 0 atom stereocenters. The Labute approximate surface area is 94.7 Å². The van der Waals surface area contributed by atoms with Gasteiger partial charge in [-0.05, 0) is 29.8 Å². The third-order valence-corrected chi connectivity index (χ3v) is 2.18. The summed E-state index contributed by atoms with van der Waals surface area (Å²) in [6, 6.07) is 3.85. The quantitative estimate of drug-likeness (QED) is 0.611. The molecule has 0 radical (unpaired) electrons. The van der Waals surface area contributed by atoms with Crippen LogP contribution in [0.5, 0.6) is 5.75 Å². The van der Waals surface area contributed by atoms with Crippen molar-refractivity contribution in [2.45, 2.75) is 5.38 Å². The van der Waals surface area contributed by atoms with E-state index in [-0.39, 0.29) is 16.3 Å². The number of carbonyl (C=O) groups is 1. The minimum atomic E-state index is -3.96. The average Bonchev–Trinajstić information content (AvgIpc) is 2.16. The van der Waals surface area contributed by atoms with Gasteiger partial charge in [0, 0.05) is 5.56 Å². The van der Waals surface area contributed by atoms with Gasteiger partial charge in [-0.15, -0.1) is 0 Å². The number of carbonyl (C=O) groups excluding carboxylic acids is 1. The first-order valence-electron chi connectivity index (χ1n) is 3.81. The van der Waals surface area contributed by atoms with Crippen molar-refractivity contribution < 1.29 is 18.3 Å². The molecule has 0 aliphatic heterocycles. The third kappa shape index (κ3) is 2.79. The fourth-order valence-electron chi connectivity index (χ4n) is 0.958. The Balaban J connectivity index is 3.19. The Morgan fingerprint density at radius 1 is 1.47 bits per heavy atom. The monoisotopic (exact) mass is 254 g/mol. The molecule has 0 aromatic heterocycles. The molecule has 0 unspecified atom stereocenters. The lowest BCUT2D eigenvalue weighted by molar-refractivity contribution is 0.0536. The summed E-state index contributed by atoms with van der Waals surface area (Å²) in [7, 11) is 1.34. The number of halogens is 4. The average molecular weight is 255 g/mol. The lowest BCUT2D eigenvalue weighted by Crippen LogP contribution is -2.21. The molecule has 0 spiro atoms. The zero-order chi connectivity index (χ0) is 11.6. The Morgan fingerprint density at radius 3 is 2.53 bits per heavy atom. The number of hydrogen-bond acceptors (Lipinski definition) is 2. The van der Waals surface area contributed by atoms with E-state index < -0.39 is 11.2 Å². The molecule has 6 heteroatoms. The van der Waals surface area contributed by atoms with Gasteiger partial charge in [0.1, 0.15) is 5.75 Å². The molecule has 0 aliphatic rings. The van der Waals surface area contributed by atoms with Crippen LogP contribution in [0.15, 0.2) is 18.2 Å². The van der Waals surface area contributed by atoms with E-state index in [1.807, 2.05) is 0 Å². The smallest absolute Gasteiger partial charge is 0.384 e. The highest BCUT2D eigenvalue weighted by Crippen LogP contribution is 2.30. The molecule has 0 heterocycles. The van der Waals surface area contributed by atoms with Crippen molar-refractivity contribution in [3.05, 3.63) is 28.8 Å². The fourth-order valence-corrected chi connectivity index (χ4v) is 1.26. The molecule has 1 aromatic rings. The summed E-state index contributed by atoms with van der Waals surface area (Å²) < 4.78 is 29.8. The van der Waals surface area contributed by atoms with Gasteiger partial charge in [0.25, 0.3) is 0 Å². The Morgan fingerprint density at radius 2 is 2.07 bits per heavy atom. The molecular formula is C9H6Cl2F2O2. The summed E-state index contributed by atoms with van der Waals surface area (Å²) in [4.78, 5) is 11.1. The maximum Gasteiger partial charge on any atom is 0.384 e. The lowest BCUT2D eigenvalue weighted by atomic mass is 10.1. The summed E-state index contributed by atoms with van der Waals surface area (Å²) in [6.45, 7) is 0. The van der Waals surface area contributed by atoms with Crippen LogP contribution >= 0.6 is 23.2 Å². The van der Waals surface area contributed by atoms with Crippen molar-refractivity contribution >= 4 is 29.0 Å². The molecule has 0 bridgehead atoms. The number of ether oxygens (including phenoxy) is 1. The normalized spacial score (nSPS) is 11.3. The second-order valence-corrected chi connectivity index (χ2v) is 3.55. The topological polar surface area (TPSA) is 26.3 Å². The molecule has 82 valence electrons. The highest BCUT2D eigenvalue weighted by Gasteiger charge is 2.37. The minimum absolute atomic E-state index is 0.0962. The molecule has 15 heavy (non-hydrogen) atoms. The van der Waals surface area contributed by atoms with Crippen molar-refractivity contribution in [3.8, 4) is 5.75 Å². The van der Waals surface area contributed by atoms with Gasteiger partial charge < -0.3 is 4.74 Å². The van der Waals surface area contributed by atoms with Crippen LogP contribution in [-0.4, -0.2) is 18.3 Å². The summed E-state index contributed by atoms with van der Waals surface area (Å²) in [5.74, 6) is -1.29. The number of Topliss-reactive ketones (excluding diaryl/α,β-unsaturated/α-hetero) is 1. The molecule has 2 nitrogen and oxygen atoms in total. The van der Waals surface area contributed by atoms with Crippen molar-refractivity contribution in [3.63, 3.8) is 0 Å². The van der Waals surface area contributed by atoms with E-state index in [9.17, 15) is 13.6 Å². The van der Waals surface area contributed by atoms with E-state index in [0.29, 0.717) is 0 Å². The van der Waals surface area contributed by atoms with Crippen molar-refractivity contribution in [2.24, 2.45) is 0 Å². The second kappa shape index (κ2) is 4.33. The molecule has 0 saturated carbocycles. The van der Waals surface area contributed by atoms with Crippen LogP contribution in [-0.2, 0) is 0 Å². The summed E-state index contributed by atoms with van der Waals surface area (Å²) >= 11 is 10.2. The van der Waals surface area contributed by atoms with E-state index in [1.54, 1.807) is 0 Å². The van der Waals surface area contributed by atoms with E-state index in [2.05, 4.69) is 11.6 Å². The maximum atomic E-state index is 12.5. The number of ketones is 1. The SMILES string of the molecule is COc1ccc(Cl)c(C(=O)C(F)(F)Cl)c1. The standard InChI is InChI=1S/C9H6Cl2F2O2/c1-15-5-2-3-7(10)6(4-5)8(14)9(11,12)13/h2-4H,1H3. The Kier molecular flexibility index (Phi) is 3.52. The van der Waals surface area contributed by atoms with Crippen LogP contribution in [0.25, 0.3) is 0 Å². The predicted octanol–water partition coefficient (Wildman–Crippen LogP) is 3.36. The molecular weight excluding hydrogens is 249 g/mol. The first-order chi connectivity index (χ1) is 6.86. The Bertz CT molecular complexity index is 388. The first kappa shape index (κ1) is 12.2. The molecule has 1 aromatic carbocycles. The molecule has 0 fully saturated rings. The summed E-state index contributed by atoms with van der Waals surface area (Å²) in [5.41, 5.74) is -0.365. The zero-order valence-corrected chi connectivity index (χ0v) is 9.07. The van der Waals surface area contributed by atoms with Gasteiger partial charge in [0.2, 0.25) is 5.78 Å². The van der Waals surface area contributed by atoms with Gasteiger partial charge in [-0.25, -0.2) is 0 Å². The van der Waals surface area contributed by atoms with Crippen LogP contribution in [0.2, 0.25) is 5.02 Å². The molecule has 0 aliphatic carbocycles. The largest absolute Gasteiger partial charge is 0.497 e. The van der Waals surface area contributed by atoms with Crippen LogP contribution in [0, 0.1) is 0 Å². The van der Waals surface area contributed by atoms with E-state index >= 15 is 0 Å². The number of alkyl halides is 3. The molecule has 0 N–H and O–H groups in total. The van der Waals surface area contributed by atoms with E-state index in [0.717, 1.165) is 6.07 Å². The number of hydrogen-bond donors (Lipinski definition) is 0. The highest BCUT2D eigenvalue weighted by molar-refractivity contribution is 6.39. The minimum Gasteiger partial charge on any atom is -0.497 e. The summed E-state index contributed by atoms with van der Waals surface area (Å²) in [6.07, 6.45) is 0. The van der Waals surface area contributed by atoms with Crippen LogP contribution in [0.1, 0.15) is 10.4 Å². The van der Waals surface area contributed by atoms with Gasteiger partial charge in [-0.2, -0.15) is 8.78 Å². The molecule has 0 amide bonds.